The number of hydrogen-bond acceptors (Lipinski definition) is 4. The normalized spacial score (nSPS) is 18.4. The Kier molecular flexibility index (Phi) is 3.29. The van der Waals surface area contributed by atoms with Crippen LogP contribution in [0.5, 0.6) is 0 Å². The average molecular weight is 213 g/mol. The number of hydrogen-bond donors (Lipinski definition) is 1. The van der Waals surface area contributed by atoms with Crippen LogP contribution in [0.25, 0.3) is 0 Å². The molecule has 1 aliphatic rings. The first kappa shape index (κ1) is 9.83. The van der Waals surface area contributed by atoms with Gasteiger partial charge >= 0.3 is 0 Å². The lowest BCUT2D eigenvalue weighted by Crippen LogP contribution is -2.43. The van der Waals surface area contributed by atoms with E-state index in [2.05, 4.69) is 20.2 Å². The van der Waals surface area contributed by atoms with Crippen LogP contribution in [0.4, 0.5) is 0 Å². The van der Waals surface area contributed by atoms with Crippen molar-refractivity contribution in [2.75, 3.05) is 26.2 Å². The van der Waals surface area contributed by atoms with Crippen LogP contribution in [-0.2, 0) is 6.54 Å². The highest BCUT2D eigenvalue weighted by atomic mass is 35.5. The van der Waals surface area contributed by atoms with E-state index in [0.717, 1.165) is 38.4 Å². The molecule has 0 atom stereocenters. The van der Waals surface area contributed by atoms with E-state index in [9.17, 15) is 0 Å². The van der Waals surface area contributed by atoms with Crippen molar-refractivity contribution >= 4 is 11.6 Å². The monoisotopic (exact) mass is 212 g/mol. The number of nitrogens with zero attached hydrogens (tertiary/aromatic N) is 3. The van der Waals surface area contributed by atoms with Gasteiger partial charge in [0.2, 0.25) is 0 Å². The smallest absolute Gasteiger partial charge is 0.115 e. The van der Waals surface area contributed by atoms with E-state index in [1.165, 1.54) is 0 Å². The molecular formula is C9H13ClN4. The minimum Gasteiger partial charge on any atom is -0.314 e. The topological polar surface area (TPSA) is 41.1 Å². The molecule has 1 aromatic heterocycles. The summed E-state index contributed by atoms with van der Waals surface area (Å²) in [6.45, 7) is 5.02. The molecule has 1 N–H and O–H groups in total. The first-order chi connectivity index (χ1) is 6.86. The van der Waals surface area contributed by atoms with E-state index in [1.807, 2.05) is 0 Å². The largest absolute Gasteiger partial charge is 0.314 e. The average Bonchev–Trinajstić information content (AvgIpc) is 2.23. The van der Waals surface area contributed by atoms with Gasteiger partial charge in [0.25, 0.3) is 0 Å². The lowest BCUT2D eigenvalue weighted by atomic mass is 10.3. The third-order valence-electron chi connectivity index (χ3n) is 2.33. The molecule has 1 aliphatic heterocycles. The van der Waals surface area contributed by atoms with Crippen LogP contribution >= 0.6 is 11.6 Å². The van der Waals surface area contributed by atoms with Gasteiger partial charge in [-0.1, -0.05) is 11.6 Å². The highest BCUT2D eigenvalue weighted by molar-refractivity contribution is 6.31. The van der Waals surface area contributed by atoms with Gasteiger partial charge in [0.1, 0.15) is 6.33 Å². The van der Waals surface area contributed by atoms with Gasteiger partial charge in [-0.3, -0.25) is 4.90 Å². The zero-order valence-electron chi connectivity index (χ0n) is 7.91. The van der Waals surface area contributed by atoms with Gasteiger partial charge in [0, 0.05) is 38.9 Å². The van der Waals surface area contributed by atoms with Crippen molar-refractivity contribution in [2.24, 2.45) is 0 Å². The molecular weight excluding hydrogens is 200 g/mol. The third-order valence-corrected chi connectivity index (χ3v) is 2.64. The third kappa shape index (κ3) is 2.41. The van der Waals surface area contributed by atoms with E-state index in [4.69, 9.17) is 11.6 Å². The number of nitrogens with one attached hydrogen (secondary N) is 1. The first-order valence-corrected chi connectivity index (χ1v) is 5.11. The van der Waals surface area contributed by atoms with Crippen LogP contribution in [0, 0.1) is 0 Å². The highest BCUT2D eigenvalue weighted by Crippen LogP contribution is 2.13. The fourth-order valence-corrected chi connectivity index (χ4v) is 1.70. The summed E-state index contributed by atoms with van der Waals surface area (Å²) in [6, 6.07) is 0. The van der Waals surface area contributed by atoms with E-state index in [1.54, 1.807) is 12.5 Å². The molecule has 0 aromatic carbocycles. The van der Waals surface area contributed by atoms with E-state index < -0.39 is 0 Å². The maximum atomic E-state index is 5.98. The SMILES string of the molecule is Clc1cncnc1CN1CCNCC1. The zero-order chi connectivity index (χ0) is 9.80. The van der Waals surface area contributed by atoms with Gasteiger partial charge in [-0.15, -0.1) is 0 Å². The summed E-state index contributed by atoms with van der Waals surface area (Å²) >= 11 is 5.98. The first-order valence-electron chi connectivity index (χ1n) is 4.74. The Morgan fingerprint density at radius 1 is 1.43 bits per heavy atom. The Hall–Kier alpha value is -0.710. The lowest BCUT2D eigenvalue weighted by Gasteiger charge is -2.26. The number of rotatable bonds is 2. The summed E-state index contributed by atoms with van der Waals surface area (Å²) in [5.74, 6) is 0. The van der Waals surface area contributed by atoms with Crippen molar-refractivity contribution < 1.29 is 0 Å². The second-order valence-corrected chi connectivity index (χ2v) is 3.75. The predicted octanol–water partition coefficient (Wildman–Crippen LogP) is 0.535. The fraction of sp³-hybridized carbons (Fsp3) is 0.556. The van der Waals surface area contributed by atoms with Crippen LogP contribution < -0.4 is 5.32 Å². The van der Waals surface area contributed by atoms with Crippen LogP contribution in [0.15, 0.2) is 12.5 Å². The molecule has 5 heteroatoms. The maximum Gasteiger partial charge on any atom is 0.115 e. The standard InChI is InChI=1S/C9H13ClN4/c10-8-5-12-7-13-9(8)6-14-3-1-11-2-4-14/h5,7,11H,1-4,6H2. The van der Waals surface area contributed by atoms with Gasteiger partial charge in [-0.2, -0.15) is 0 Å². The molecule has 1 saturated heterocycles. The molecule has 0 unspecified atom stereocenters. The molecule has 0 aliphatic carbocycles. The van der Waals surface area contributed by atoms with Crippen LogP contribution in [0.2, 0.25) is 5.02 Å². The van der Waals surface area contributed by atoms with Gasteiger partial charge in [-0.05, 0) is 0 Å². The number of piperazine rings is 1. The summed E-state index contributed by atoms with van der Waals surface area (Å²) in [4.78, 5) is 10.4. The van der Waals surface area contributed by atoms with Crippen molar-refractivity contribution in [2.45, 2.75) is 6.54 Å². The van der Waals surface area contributed by atoms with Gasteiger partial charge in [-0.25, -0.2) is 9.97 Å². The minimum atomic E-state index is 0.658. The summed E-state index contributed by atoms with van der Waals surface area (Å²) < 4.78 is 0. The van der Waals surface area contributed by atoms with Crippen LogP contribution in [0.3, 0.4) is 0 Å². The van der Waals surface area contributed by atoms with E-state index >= 15 is 0 Å². The molecule has 0 bridgehead atoms. The molecule has 0 amide bonds. The molecule has 1 aromatic rings. The van der Waals surface area contributed by atoms with Crippen LogP contribution in [-0.4, -0.2) is 41.0 Å². The van der Waals surface area contributed by atoms with Crippen molar-refractivity contribution in [1.82, 2.24) is 20.2 Å². The van der Waals surface area contributed by atoms with Gasteiger partial charge < -0.3 is 5.32 Å². The Labute approximate surface area is 88.3 Å². The molecule has 0 saturated carbocycles. The molecule has 2 heterocycles. The van der Waals surface area contributed by atoms with Crippen molar-refractivity contribution in [3.8, 4) is 0 Å². The Balaban J connectivity index is 1.99. The van der Waals surface area contributed by atoms with Crippen molar-refractivity contribution in [1.29, 1.82) is 0 Å². The molecule has 14 heavy (non-hydrogen) atoms. The summed E-state index contributed by atoms with van der Waals surface area (Å²) in [7, 11) is 0. The molecule has 0 radical (unpaired) electrons. The van der Waals surface area contributed by atoms with Crippen molar-refractivity contribution in [3.05, 3.63) is 23.2 Å². The minimum absolute atomic E-state index is 0.658. The van der Waals surface area contributed by atoms with Gasteiger partial charge in [0.15, 0.2) is 0 Å². The number of aromatic nitrogens is 2. The molecule has 0 spiro atoms. The fourth-order valence-electron chi connectivity index (χ4n) is 1.54. The molecule has 76 valence electrons. The van der Waals surface area contributed by atoms with Crippen molar-refractivity contribution in [3.63, 3.8) is 0 Å². The van der Waals surface area contributed by atoms with E-state index in [0.29, 0.717) is 5.02 Å². The quantitative estimate of drug-likeness (QED) is 0.777. The maximum absolute atomic E-state index is 5.98. The molecule has 2 rings (SSSR count). The van der Waals surface area contributed by atoms with E-state index in [-0.39, 0.29) is 0 Å². The summed E-state index contributed by atoms with van der Waals surface area (Å²) in [5, 5.41) is 3.97. The zero-order valence-corrected chi connectivity index (χ0v) is 8.67. The Bertz CT molecular complexity index is 299. The Morgan fingerprint density at radius 2 is 2.21 bits per heavy atom. The molecule has 1 fully saturated rings. The second-order valence-electron chi connectivity index (χ2n) is 3.34. The Morgan fingerprint density at radius 3 is 2.93 bits per heavy atom. The molecule has 4 nitrogen and oxygen atoms in total. The second kappa shape index (κ2) is 4.68. The number of halogens is 1. The van der Waals surface area contributed by atoms with Crippen LogP contribution in [0.1, 0.15) is 5.69 Å². The summed E-state index contributed by atoms with van der Waals surface area (Å²) in [6.07, 6.45) is 3.19. The van der Waals surface area contributed by atoms with Gasteiger partial charge in [0.05, 0.1) is 10.7 Å². The highest BCUT2D eigenvalue weighted by Gasteiger charge is 2.12. The summed E-state index contributed by atoms with van der Waals surface area (Å²) in [5.41, 5.74) is 0.920. The lowest BCUT2D eigenvalue weighted by molar-refractivity contribution is 0.230. The predicted molar refractivity (Wildman–Crippen MR) is 55.2 cm³/mol.